The van der Waals surface area contributed by atoms with Gasteiger partial charge in [0.2, 0.25) is 5.91 Å². The van der Waals surface area contributed by atoms with Gasteiger partial charge in [-0.05, 0) is 37.3 Å². The van der Waals surface area contributed by atoms with Gasteiger partial charge in [-0.2, -0.15) is 0 Å². The van der Waals surface area contributed by atoms with E-state index in [2.05, 4.69) is 20.8 Å². The third kappa shape index (κ3) is 6.77. The highest BCUT2D eigenvalue weighted by atomic mass is 35.5. The molecular weight excluding hydrogens is 528 g/mol. The minimum Gasteiger partial charge on any atom is -0.352 e. The number of amides is 2. The molecule has 0 aliphatic carbocycles. The van der Waals surface area contributed by atoms with Crippen LogP contribution in [0.2, 0.25) is 20.1 Å². The van der Waals surface area contributed by atoms with Gasteiger partial charge in [-0.3, -0.25) is 9.59 Å². The first-order valence-corrected chi connectivity index (χ1v) is 12.3. The highest BCUT2D eigenvalue weighted by Gasteiger charge is 2.15. The van der Waals surface area contributed by atoms with Crippen LogP contribution in [-0.4, -0.2) is 38.9 Å². The minimum absolute atomic E-state index is 0.120. The van der Waals surface area contributed by atoms with E-state index in [-0.39, 0.29) is 17.6 Å². The number of nitrogens with zero attached hydrogens (tertiary/aromatic N) is 3. The topological polar surface area (TPSA) is 88.9 Å². The number of hydrogen-bond donors (Lipinski definition) is 2. The Morgan fingerprint density at radius 1 is 1.03 bits per heavy atom. The summed E-state index contributed by atoms with van der Waals surface area (Å²) in [6, 6.07) is 9.73. The zero-order chi connectivity index (χ0) is 24.0. The second-order valence-corrected chi connectivity index (χ2v) is 9.26. The van der Waals surface area contributed by atoms with Crippen molar-refractivity contribution in [3.63, 3.8) is 0 Å². The SMILES string of the molecule is CCn1c(CCNC(=O)c2ccc(Cl)c(Cl)c2)nnc1SCC(=O)Nc1cccc(Cl)c1Cl. The van der Waals surface area contributed by atoms with Crippen molar-refractivity contribution in [2.24, 2.45) is 0 Å². The van der Waals surface area contributed by atoms with E-state index in [4.69, 9.17) is 46.4 Å². The fraction of sp³-hybridized carbons (Fsp3) is 0.238. The summed E-state index contributed by atoms with van der Waals surface area (Å²) in [5.74, 6) is 0.315. The number of carbonyl (C=O) groups excluding carboxylic acids is 2. The molecule has 0 aliphatic heterocycles. The second kappa shape index (κ2) is 11.9. The van der Waals surface area contributed by atoms with Gasteiger partial charge >= 0.3 is 0 Å². The van der Waals surface area contributed by atoms with E-state index in [0.29, 0.717) is 61.8 Å². The van der Waals surface area contributed by atoms with Crippen molar-refractivity contribution in [1.82, 2.24) is 20.1 Å². The van der Waals surface area contributed by atoms with Gasteiger partial charge in [0.05, 0.1) is 31.5 Å². The molecule has 0 bridgehead atoms. The van der Waals surface area contributed by atoms with Crippen molar-refractivity contribution in [2.45, 2.75) is 25.0 Å². The van der Waals surface area contributed by atoms with Crippen LogP contribution in [0, 0.1) is 0 Å². The molecule has 1 heterocycles. The van der Waals surface area contributed by atoms with Crippen LogP contribution in [0.15, 0.2) is 41.6 Å². The van der Waals surface area contributed by atoms with Gasteiger partial charge in [-0.1, -0.05) is 64.2 Å². The number of aromatic nitrogens is 3. The van der Waals surface area contributed by atoms with Gasteiger partial charge in [-0.25, -0.2) is 0 Å². The molecular formula is C21H19Cl4N5O2S. The van der Waals surface area contributed by atoms with Crippen LogP contribution in [0.1, 0.15) is 23.1 Å². The normalized spacial score (nSPS) is 10.8. The quantitative estimate of drug-likeness (QED) is 0.340. The molecule has 3 aromatic rings. The number of nitrogens with one attached hydrogen (secondary N) is 2. The van der Waals surface area contributed by atoms with Gasteiger partial charge in [-0.15, -0.1) is 10.2 Å². The summed E-state index contributed by atoms with van der Waals surface area (Å²) >= 11 is 25.2. The first-order valence-electron chi connectivity index (χ1n) is 9.82. The molecule has 0 radical (unpaired) electrons. The van der Waals surface area contributed by atoms with E-state index in [0.717, 1.165) is 0 Å². The van der Waals surface area contributed by atoms with Crippen LogP contribution < -0.4 is 10.6 Å². The van der Waals surface area contributed by atoms with E-state index < -0.39 is 0 Å². The zero-order valence-corrected chi connectivity index (χ0v) is 21.2. The molecule has 0 saturated carbocycles. The molecule has 1 aromatic heterocycles. The Kier molecular flexibility index (Phi) is 9.28. The van der Waals surface area contributed by atoms with E-state index in [9.17, 15) is 9.59 Å². The number of anilines is 1. The van der Waals surface area contributed by atoms with Crippen LogP contribution in [0.3, 0.4) is 0 Å². The largest absolute Gasteiger partial charge is 0.352 e. The van der Waals surface area contributed by atoms with Crippen LogP contribution in [0.25, 0.3) is 0 Å². The maximum Gasteiger partial charge on any atom is 0.251 e. The molecule has 3 rings (SSSR count). The lowest BCUT2D eigenvalue weighted by molar-refractivity contribution is -0.113. The fourth-order valence-electron chi connectivity index (χ4n) is 2.87. The van der Waals surface area contributed by atoms with Crippen molar-refractivity contribution < 1.29 is 9.59 Å². The van der Waals surface area contributed by atoms with E-state index in [1.54, 1.807) is 30.3 Å². The summed E-state index contributed by atoms with van der Waals surface area (Å²) in [6.45, 7) is 2.93. The lowest BCUT2D eigenvalue weighted by atomic mass is 10.2. The molecule has 0 atom stereocenters. The summed E-state index contributed by atoms with van der Waals surface area (Å²) < 4.78 is 1.90. The zero-order valence-electron chi connectivity index (χ0n) is 17.4. The Morgan fingerprint density at radius 2 is 1.82 bits per heavy atom. The molecule has 2 N–H and O–H groups in total. The Balaban J connectivity index is 1.53. The number of benzene rings is 2. The highest BCUT2D eigenvalue weighted by Crippen LogP contribution is 2.30. The van der Waals surface area contributed by atoms with Crippen LogP contribution in [0.4, 0.5) is 5.69 Å². The standard InChI is InChI=1S/C21H19Cl4N5O2S/c1-2-30-17(8-9-26-20(32)12-6-7-13(22)15(24)10-12)28-29-21(30)33-11-18(31)27-16-5-3-4-14(23)19(16)25/h3-7,10H,2,8-9,11H2,1H3,(H,26,32)(H,27,31). The first kappa shape index (κ1) is 25.6. The molecule has 33 heavy (non-hydrogen) atoms. The first-order chi connectivity index (χ1) is 15.8. The monoisotopic (exact) mass is 545 g/mol. The van der Waals surface area contributed by atoms with Gasteiger partial charge in [0.1, 0.15) is 5.82 Å². The summed E-state index contributed by atoms with van der Waals surface area (Å²) in [5.41, 5.74) is 0.869. The predicted octanol–water partition coefficient (Wildman–Crippen LogP) is 5.61. The van der Waals surface area contributed by atoms with Crippen LogP contribution in [0.5, 0.6) is 0 Å². The third-order valence-corrected chi connectivity index (χ3v) is 7.01. The second-order valence-electron chi connectivity index (χ2n) is 6.72. The summed E-state index contributed by atoms with van der Waals surface area (Å²) in [4.78, 5) is 24.6. The highest BCUT2D eigenvalue weighted by molar-refractivity contribution is 7.99. The summed E-state index contributed by atoms with van der Waals surface area (Å²) in [7, 11) is 0. The van der Waals surface area contributed by atoms with Crippen molar-refractivity contribution in [2.75, 3.05) is 17.6 Å². The van der Waals surface area contributed by atoms with Crippen molar-refractivity contribution in [1.29, 1.82) is 0 Å². The summed E-state index contributed by atoms with van der Waals surface area (Å²) in [5, 5.41) is 15.9. The molecule has 0 unspecified atom stereocenters. The van der Waals surface area contributed by atoms with Crippen molar-refractivity contribution >= 4 is 75.7 Å². The summed E-state index contributed by atoms with van der Waals surface area (Å²) in [6.07, 6.45) is 0.471. The smallest absolute Gasteiger partial charge is 0.251 e. The maximum absolute atomic E-state index is 12.3. The number of carbonyl (C=O) groups is 2. The number of rotatable bonds is 9. The molecule has 7 nitrogen and oxygen atoms in total. The van der Waals surface area contributed by atoms with Gasteiger partial charge in [0.15, 0.2) is 5.16 Å². The Hall–Kier alpha value is -1.97. The average Bonchev–Trinajstić information content (AvgIpc) is 3.19. The average molecular weight is 547 g/mol. The third-order valence-electron chi connectivity index (χ3n) is 4.48. The lowest BCUT2D eigenvalue weighted by Gasteiger charge is -2.10. The van der Waals surface area contributed by atoms with Crippen molar-refractivity contribution in [3.05, 3.63) is 67.9 Å². The number of thioether (sulfide) groups is 1. The lowest BCUT2D eigenvalue weighted by Crippen LogP contribution is -2.26. The predicted molar refractivity (Wildman–Crippen MR) is 134 cm³/mol. The Morgan fingerprint density at radius 3 is 2.55 bits per heavy atom. The molecule has 174 valence electrons. The van der Waals surface area contributed by atoms with Gasteiger partial charge in [0, 0.05) is 25.1 Å². The van der Waals surface area contributed by atoms with Gasteiger partial charge < -0.3 is 15.2 Å². The molecule has 2 aromatic carbocycles. The van der Waals surface area contributed by atoms with Crippen LogP contribution >= 0.6 is 58.2 Å². The Bertz CT molecular complexity index is 1170. The maximum atomic E-state index is 12.3. The molecule has 0 fully saturated rings. The van der Waals surface area contributed by atoms with E-state index in [1.807, 2.05) is 11.5 Å². The van der Waals surface area contributed by atoms with Crippen molar-refractivity contribution in [3.8, 4) is 0 Å². The van der Waals surface area contributed by atoms with Gasteiger partial charge in [0.25, 0.3) is 5.91 Å². The Labute approximate surface area is 215 Å². The molecule has 2 amide bonds. The molecule has 0 saturated heterocycles. The van der Waals surface area contributed by atoms with E-state index in [1.165, 1.54) is 17.8 Å². The molecule has 12 heteroatoms. The number of hydrogen-bond acceptors (Lipinski definition) is 5. The molecule has 0 aliphatic rings. The van der Waals surface area contributed by atoms with E-state index >= 15 is 0 Å². The van der Waals surface area contributed by atoms with Crippen LogP contribution in [-0.2, 0) is 17.8 Å². The molecule has 0 spiro atoms. The fourth-order valence-corrected chi connectivity index (χ4v) is 4.34. The minimum atomic E-state index is -0.262. The number of halogens is 4.